The van der Waals surface area contributed by atoms with Gasteiger partial charge in [0.1, 0.15) is 0 Å². The molecule has 0 aromatic carbocycles. The molecule has 1 aliphatic heterocycles. The van der Waals surface area contributed by atoms with Crippen molar-refractivity contribution in [2.45, 2.75) is 26.3 Å². The first-order chi connectivity index (χ1) is 9.69. The molecule has 1 fully saturated rings. The number of carbonyl (C=O) groups is 1. The first-order valence-electron chi connectivity index (χ1n) is 7.17. The summed E-state index contributed by atoms with van der Waals surface area (Å²) in [5, 5.41) is 7.17. The standard InChI is InChI=1S/C13H23N5O2.ClH/c1-3-4-12-15-11(16-20-12)9-17(2)10-13(19)18-7-5-14-6-8-18;/h14H,3-10H2,1-2H3;1H. The molecule has 1 saturated heterocycles. The fraction of sp³-hybridized carbons (Fsp3) is 0.769. The number of likely N-dealkylation sites (N-methyl/N-ethyl adjacent to an activating group) is 1. The Labute approximate surface area is 131 Å². The number of nitrogens with one attached hydrogen (secondary N) is 1. The lowest BCUT2D eigenvalue weighted by molar-refractivity contribution is -0.132. The Morgan fingerprint density at radius 1 is 1.43 bits per heavy atom. The molecule has 1 aromatic heterocycles. The van der Waals surface area contributed by atoms with E-state index in [0.29, 0.717) is 24.8 Å². The van der Waals surface area contributed by atoms with Gasteiger partial charge in [0, 0.05) is 32.6 Å². The van der Waals surface area contributed by atoms with E-state index in [0.717, 1.165) is 39.0 Å². The van der Waals surface area contributed by atoms with Crippen LogP contribution in [0.25, 0.3) is 0 Å². The van der Waals surface area contributed by atoms with Gasteiger partial charge in [-0.3, -0.25) is 9.69 Å². The Kier molecular flexibility index (Phi) is 7.63. The first-order valence-corrected chi connectivity index (χ1v) is 7.17. The van der Waals surface area contributed by atoms with Gasteiger partial charge >= 0.3 is 0 Å². The summed E-state index contributed by atoms with van der Waals surface area (Å²) in [6.07, 6.45) is 1.79. The zero-order chi connectivity index (χ0) is 14.4. The summed E-state index contributed by atoms with van der Waals surface area (Å²) in [6, 6.07) is 0. The largest absolute Gasteiger partial charge is 0.339 e. The van der Waals surface area contributed by atoms with Crippen LogP contribution in [0, 0.1) is 0 Å². The van der Waals surface area contributed by atoms with Crippen LogP contribution >= 0.6 is 12.4 Å². The summed E-state index contributed by atoms with van der Waals surface area (Å²) in [5.41, 5.74) is 0. The maximum atomic E-state index is 12.1. The van der Waals surface area contributed by atoms with Crippen molar-refractivity contribution in [3.05, 3.63) is 11.7 Å². The topological polar surface area (TPSA) is 74.5 Å². The molecule has 0 radical (unpaired) electrons. The van der Waals surface area contributed by atoms with E-state index in [1.54, 1.807) is 0 Å². The van der Waals surface area contributed by atoms with Crippen molar-refractivity contribution in [3.8, 4) is 0 Å². The molecule has 0 spiro atoms. The maximum absolute atomic E-state index is 12.1. The Hall–Kier alpha value is -1.18. The highest BCUT2D eigenvalue weighted by molar-refractivity contribution is 5.85. The third-order valence-electron chi connectivity index (χ3n) is 3.26. The van der Waals surface area contributed by atoms with Crippen molar-refractivity contribution in [3.63, 3.8) is 0 Å². The second kappa shape index (κ2) is 8.96. The van der Waals surface area contributed by atoms with Crippen LogP contribution in [0.3, 0.4) is 0 Å². The van der Waals surface area contributed by atoms with E-state index in [-0.39, 0.29) is 18.3 Å². The van der Waals surface area contributed by atoms with E-state index >= 15 is 0 Å². The van der Waals surface area contributed by atoms with Gasteiger partial charge in [-0.1, -0.05) is 12.1 Å². The number of amides is 1. The molecule has 120 valence electrons. The molecule has 0 unspecified atom stereocenters. The molecule has 1 aliphatic rings. The number of hydrogen-bond donors (Lipinski definition) is 1. The number of aryl methyl sites for hydroxylation is 1. The Bertz CT molecular complexity index is 434. The van der Waals surface area contributed by atoms with Crippen LogP contribution < -0.4 is 5.32 Å². The average Bonchev–Trinajstić information content (AvgIpc) is 2.87. The molecule has 2 heterocycles. The van der Waals surface area contributed by atoms with Gasteiger partial charge in [-0.25, -0.2) is 0 Å². The van der Waals surface area contributed by atoms with E-state index in [9.17, 15) is 4.79 Å². The molecule has 7 nitrogen and oxygen atoms in total. The van der Waals surface area contributed by atoms with Gasteiger partial charge in [-0.15, -0.1) is 12.4 Å². The first kappa shape index (κ1) is 17.9. The van der Waals surface area contributed by atoms with Crippen molar-refractivity contribution in [1.82, 2.24) is 25.3 Å². The number of aromatic nitrogens is 2. The fourth-order valence-electron chi connectivity index (χ4n) is 2.21. The molecule has 0 atom stereocenters. The number of hydrogen-bond acceptors (Lipinski definition) is 6. The highest BCUT2D eigenvalue weighted by atomic mass is 35.5. The van der Waals surface area contributed by atoms with E-state index < -0.39 is 0 Å². The minimum absolute atomic E-state index is 0. The van der Waals surface area contributed by atoms with E-state index in [4.69, 9.17) is 4.52 Å². The molecule has 1 amide bonds. The smallest absolute Gasteiger partial charge is 0.236 e. The summed E-state index contributed by atoms with van der Waals surface area (Å²) in [7, 11) is 1.90. The van der Waals surface area contributed by atoms with Gasteiger partial charge in [0.2, 0.25) is 11.8 Å². The van der Waals surface area contributed by atoms with Crippen molar-refractivity contribution >= 4 is 18.3 Å². The lowest BCUT2D eigenvalue weighted by Gasteiger charge is -2.29. The van der Waals surface area contributed by atoms with Crippen LogP contribution in [0.4, 0.5) is 0 Å². The molecule has 21 heavy (non-hydrogen) atoms. The average molecular weight is 318 g/mol. The van der Waals surface area contributed by atoms with Gasteiger partial charge in [-0.2, -0.15) is 4.98 Å². The number of rotatable bonds is 6. The number of nitrogens with zero attached hydrogens (tertiary/aromatic N) is 4. The molecular formula is C13H24ClN5O2. The summed E-state index contributed by atoms with van der Waals surface area (Å²) < 4.78 is 5.14. The van der Waals surface area contributed by atoms with Crippen molar-refractivity contribution in [1.29, 1.82) is 0 Å². The van der Waals surface area contributed by atoms with Crippen molar-refractivity contribution < 1.29 is 9.32 Å². The number of carbonyl (C=O) groups excluding carboxylic acids is 1. The number of halogens is 1. The minimum Gasteiger partial charge on any atom is -0.339 e. The second-order valence-electron chi connectivity index (χ2n) is 5.16. The van der Waals surface area contributed by atoms with Gasteiger partial charge in [0.05, 0.1) is 13.1 Å². The SMILES string of the molecule is CCCc1nc(CN(C)CC(=O)N2CCNCC2)no1.Cl. The van der Waals surface area contributed by atoms with E-state index in [1.165, 1.54) is 0 Å². The predicted molar refractivity (Wildman–Crippen MR) is 81.3 cm³/mol. The summed E-state index contributed by atoms with van der Waals surface area (Å²) in [4.78, 5) is 20.2. The lowest BCUT2D eigenvalue weighted by Crippen LogP contribution is -2.49. The summed E-state index contributed by atoms with van der Waals surface area (Å²) >= 11 is 0. The Morgan fingerprint density at radius 2 is 2.14 bits per heavy atom. The third-order valence-corrected chi connectivity index (χ3v) is 3.26. The van der Waals surface area contributed by atoms with Crippen LogP contribution in [0.1, 0.15) is 25.1 Å². The van der Waals surface area contributed by atoms with Crippen LogP contribution in [0.15, 0.2) is 4.52 Å². The second-order valence-corrected chi connectivity index (χ2v) is 5.16. The monoisotopic (exact) mass is 317 g/mol. The van der Waals surface area contributed by atoms with Crippen molar-refractivity contribution in [2.24, 2.45) is 0 Å². The minimum atomic E-state index is 0. The third kappa shape index (κ3) is 5.61. The van der Waals surface area contributed by atoms with Crippen LogP contribution in [0.5, 0.6) is 0 Å². The van der Waals surface area contributed by atoms with Gasteiger partial charge < -0.3 is 14.7 Å². The lowest BCUT2D eigenvalue weighted by atomic mass is 10.3. The number of piperazine rings is 1. The van der Waals surface area contributed by atoms with Crippen LogP contribution in [0.2, 0.25) is 0 Å². The fourth-order valence-corrected chi connectivity index (χ4v) is 2.21. The Morgan fingerprint density at radius 3 is 2.81 bits per heavy atom. The zero-order valence-corrected chi connectivity index (χ0v) is 13.5. The Balaban J connectivity index is 0.00000220. The van der Waals surface area contributed by atoms with Gasteiger partial charge in [-0.05, 0) is 13.5 Å². The molecule has 0 saturated carbocycles. The normalized spacial score (nSPS) is 15.1. The predicted octanol–water partition coefficient (Wildman–Crippen LogP) is 0.307. The zero-order valence-electron chi connectivity index (χ0n) is 12.7. The van der Waals surface area contributed by atoms with Gasteiger partial charge in [0.15, 0.2) is 5.82 Å². The van der Waals surface area contributed by atoms with Crippen LogP contribution in [-0.2, 0) is 17.8 Å². The summed E-state index contributed by atoms with van der Waals surface area (Å²) in [5.74, 6) is 1.47. The molecule has 1 N–H and O–H groups in total. The molecule has 2 rings (SSSR count). The van der Waals surface area contributed by atoms with Crippen molar-refractivity contribution in [2.75, 3.05) is 39.8 Å². The molecule has 1 aromatic rings. The molecular weight excluding hydrogens is 294 g/mol. The summed E-state index contributed by atoms with van der Waals surface area (Å²) in [6.45, 7) is 6.32. The molecule has 0 aliphatic carbocycles. The molecule has 8 heteroatoms. The quantitative estimate of drug-likeness (QED) is 0.814. The van der Waals surface area contributed by atoms with E-state index in [1.807, 2.05) is 16.8 Å². The highest BCUT2D eigenvalue weighted by Crippen LogP contribution is 2.03. The van der Waals surface area contributed by atoms with E-state index in [2.05, 4.69) is 22.4 Å². The van der Waals surface area contributed by atoms with Gasteiger partial charge in [0.25, 0.3) is 0 Å². The maximum Gasteiger partial charge on any atom is 0.236 e. The van der Waals surface area contributed by atoms with Crippen LogP contribution in [-0.4, -0.2) is 65.6 Å². The molecule has 0 bridgehead atoms. The highest BCUT2D eigenvalue weighted by Gasteiger charge is 2.18.